The van der Waals surface area contributed by atoms with E-state index in [4.69, 9.17) is 116 Å². The van der Waals surface area contributed by atoms with E-state index in [2.05, 4.69) is 0 Å². The molecule has 0 aliphatic carbocycles. The van der Waals surface area contributed by atoms with Crippen LogP contribution in [-0.4, -0.2) is 181 Å². The summed E-state index contributed by atoms with van der Waals surface area (Å²) in [5, 5.41) is 8.90. The van der Waals surface area contributed by atoms with Gasteiger partial charge in [-0.1, -0.05) is 180 Å². The Balaban J connectivity index is 1.05. The SMILES string of the molecule is CC(=O)OC1C(OC(=N)C(Cl)(Cl)Cl)OC(COC2OC(COC(=O)c3ccccc3)C(OC(=O)c3ccccc3)C(OC(=O)c3ccccc3)C2OC(=O)c2ccccc2)[C@@H](OC(C)=O)C1OC1OC(COC(=O)c2ccccc2)C(OC(=O)c2ccccc2)C(OC(=O)c2ccccc2)C1OC(=O)c1ccccc1. The van der Waals surface area contributed by atoms with Gasteiger partial charge in [0.25, 0.3) is 3.79 Å². The van der Waals surface area contributed by atoms with Gasteiger partial charge in [-0.05, 0) is 97.1 Å². The lowest BCUT2D eigenvalue weighted by Gasteiger charge is -2.49. The van der Waals surface area contributed by atoms with Gasteiger partial charge in [0, 0.05) is 13.8 Å². The van der Waals surface area contributed by atoms with Crippen LogP contribution >= 0.6 is 34.8 Å². The first-order valence-corrected chi connectivity index (χ1v) is 35.1. The quantitative estimate of drug-likeness (QED) is 0.0173. The van der Waals surface area contributed by atoms with Crippen LogP contribution in [0.1, 0.15) is 96.7 Å². The molecule has 14 unspecified atom stereocenters. The van der Waals surface area contributed by atoms with E-state index in [0.29, 0.717) is 0 Å². The number of hydrogen-bond donors (Lipinski definition) is 1. The molecule has 8 aromatic rings. The number of rotatable bonds is 26. The van der Waals surface area contributed by atoms with Crippen LogP contribution in [0.2, 0.25) is 0 Å². The Morgan fingerprint density at radius 1 is 0.291 bits per heavy atom. The van der Waals surface area contributed by atoms with Gasteiger partial charge in [0.15, 0.2) is 61.4 Å². The third-order valence-corrected chi connectivity index (χ3v) is 17.4. The van der Waals surface area contributed by atoms with Gasteiger partial charge >= 0.3 is 59.7 Å². The molecule has 1 N–H and O–H groups in total. The maximum atomic E-state index is 14.8. The van der Waals surface area contributed by atoms with Gasteiger partial charge in [-0.15, -0.1) is 0 Å². The fourth-order valence-corrected chi connectivity index (χ4v) is 11.9. The van der Waals surface area contributed by atoms with E-state index < -0.39 is 181 Å². The molecule has 0 amide bonds. The van der Waals surface area contributed by atoms with Gasteiger partial charge in [0.1, 0.15) is 37.6 Å². The molecule has 0 spiro atoms. The Bertz CT molecular complexity index is 4500. The lowest BCUT2D eigenvalue weighted by atomic mass is 9.95. The number of alkyl halides is 3. The van der Waals surface area contributed by atoms with Gasteiger partial charge in [-0.3, -0.25) is 15.0 Å². The average Bonchev–Trinajstić information content (AvgIpc) is 0.763. The Labute approximate surface area is 643 Å². The van der Waals surface area contributed by atoms with Crippen molar-refractivity contribution >= 4 is 100 Å². The molecule has 0 saturated carbocycles. The number of carbonyl (C=O) groups is 10. The second-order valence-electron chi connectivity index (χ2n) is 24.5. The summed E-state index contributed by atoms with van der Waals surface area (Å²) < 4.78 is 98.1. The summed E-state index contributed by atoms with van der Waals surface area (Å²) >= 11 is 18.8. The monoisotopic (exact) mass is 1560 g/mol. The van der Waals surface area contributed by atoms with Gasteiger partial charge in [0.2, 0.25) is 12.2 Å². The summed E-state index contributed by atoms with van der Waals surface area (Å²) in [4.78, 5) is 143. The van der Waals surface area contributed by atoms with Crippen molar-refractivity contribution in [2.45, 2.75) is 110 Å². The third-order valence-electron chi connectivity index (χ3n) is 16.9. The van der Waals surface area contributed by atoms with Crippen molar-refractivity contribution < 1.29 is 124 Å². The third kappa shape index (κ3) is 20.9. The van der Waals surface area contributed by atoms with Gasteiger partial charge in [-0.2, -0.15) is 0 Å². The molecule has 27 nitrogen and oxygen atoms in total. The van der Waals surface area contributed by atoms with Gasteiger partial charge in [0.05, 0.1) is 51.1 Å². The van der Waals surface area contributed by atoms with E-state index >= 15 is 0 Å². The Morgan fingerprint density at radius 3 is 0.836 bits per heavy atom. The van der Waals surface area contributed by atoms with E-state index in [9.17, 15) is 47.9 Å². The summed E-state index contributed by atoms with van der Waals surface area (Å²) in [7, 11) is 0. The minimum atomic E-state index is -2.74. The summed E-state index contributed by atoms with van der Waals surface area (Å²) in [5.74, 6) is -11.9. The first kappa shape index (κ1) is 79.6. The van der Waals surface area contributed by atoms with E-state index in [1.807, 2.05) is 0 Å². The van der Waals surface area contributed by atoms with Crippen LogP contribution < -0.4 is 0 Å². The molecule has 0 bridgehead atoms. The highest BCUT2D eigenvalue weighted by molar-refractivity contribution is 6.76. The first-order chi connectivity index (χ1) is 53.1. The Kier molecular flexibility index (Phi) is 27.2. The summed E-state index contributed by atoms with van der Waals surface area (Å²) in [6, 6.07) is 59.8. The smallest absolute Gasteiger partial charge is 0.338 e. The van der Waals surface area contributed by atoms with Crippen molar-refractivity contribution in [1.82, 2.24) is 0 Å². The van der Waals surface area contributed by atoms with Crippen LogP contribution in [-0.2, 0) is 85.4 Å². The van der Waals surface area contributed by atoms with Crippen LogP contribution in [0.3, 0.4) is 0 Å². The fraction of sp³-hybridized carbons (Fsp3) is 0.263. The lowest BCUT2D eigenvalue weighted by molar-refractivity contribution is -0.359. The van der Waals surface area contributed by atoms with Crippen molar-refractivity contribution in [2.24, 2.45) is 0 Å². The zero-order valence-corrected chi connectivity index (χ0v) is 60.4. The zero-order valence-electron chi connectivity index (χ0n) is 58.1. The molecule has 0 aromatic heterocycles. The van der Waals surface area contributed by atoms with E-state index in [1.165, 1.54) is 170 Å². The number of halogens is 3. The molecule has 0 radical (unpaired) electrons. The minimum Gasteiger partial charge on any atom is -0.459 e. The molecule has 110 heavy (non-hydrogen) atoms. The number of ether oxygens (including phenoxy) is 16. The van der Waals surface area contributed by atoms with Crippen molar-refractivity contribution in [3.05, 3.63) is 287 Å². The van der Waals surface area contributed by atoms with E-state index in [-0.39, 0.29) is 44.5 Å². The number of carbonyl (C=O) groups excluding carboxylic acids is 10. The molecule has 3 heterocycles. The highest BCUT2D eigenvalue weighted by Crippen LogP contribution is 2.40. The molecule has 15 atom stereocenters. The van der Waals surface area contributed by atoms with Crippen molar-refractivity contribution in [2.75, 3.05) is 19.8 Å². The molecule has 11 rings (SSSR count). The second kappa shape index (κ2) is 37.6. The highest BCUT2D eigenvalue weighted by atomic mass is 35.6. The normalized spacial score (nSPS) is 23.5. The first-order valence-electron chi connectivity index (χ1n) is 34.0. The van der Waals surface area contributed by atoms with Gasteiger partial charge in [-0.25, -0.2) is 38.4 Å². The molecular weight excluding hydrogens is 1500 g/mol. The maximum Gasteiger partial charge on any atom is 0.338 e. The molecule has 30 heteroatoms. The largest absolute Gasteiger partial charge is 0.459 e. The maximum absolute atomic E-state index is 14.8. The van der Waals surface area contributed by atoms with E-state index in [0.717, 1.165) is 13.8 Å². The summed E-state index contributed by atoms with van der Waals surface area (Å²) in [6.07, 6.45) is -31.2. The molecule has 8 aromatic carbocycles. The van der Waals surface area contributed by atoms with Crippen molar-refractivity contribution in [3.8, 4) is 0 Å². The number of nitrogens with one attached hydrogen (secondary N) is 1. The number of esters is 10. The Morgan fingerprint density at radius 2 is 0.527 bits per heavy atom. The summed E-state index contributed by atoms with van der Waals surface area (Å²) in [6.45, 7) is -0.932. The van der Waals surface area contributed by atoms with E-state index in [1.54, 1.807) is 72.8 Å². The lowest BCUT2D eigenvalue weighted by Crippen LogP contribution is -2.68. The molecule has 3 saturated heterocycles. The number of benzene rings is 8. The number of hydrogen-bond acceptors (Lipinski definition) is 27. The summed E-state index contributed by atoms with van der Waals surface area (Å²) in [5.41, 5.74) is -0.356. The van der Waals surface area contributed by atoms with Crippen LogP contribution in [0.5, 0.6) is 0 Å². The van der Waals surface area contributed by atoms with Crippen LogP contribution in [0.15, 0.2) is 243 Å². The van der Waals surface area contributed by atoms with Crippen LogP contribution in [0.25, 0.3) is 0 Å². The van der Waals surface area contributed by atoms with Crippen molar-refractivity contribution in [3.63, 3.8) is 0 Å². The zero-order chi connectivity index (χ0) is 77.8. The second-order valence-corrected chi connectivity index (χ2v) is 26.8. The fourth-order valence-electron chi connectivity index (χ4n) is 11.7. The van der Waals surface area contributed by atoms with Crippen molar-refractivity contribution in [1.29, 1.82) is 5.41 Å². The molecular formula is C80H68Cl3NO26. The topological polar surface area (TPSA) is 342 Å². The predicted molar refractivity (Wildman–Crippen MR) is 384 cm³/mol. The predicted octanol–water partition coefficient (Wildman–Crippen LogP) is 10.9. The molecule has 3 aliphatic rings. The van der Waals surface area contributed by atoms with Crippen LogP contribution in [0, 0.1) is 5.41 Å². The van der Waals surface area contributed by atoms with Crippen LogP contribution in [0.4, 0.5) is 0 Å². The average molecular weight is 1570 g/mol. The minimum absolute atomic E-state index is 0.0254. The molecule has 3 fully saturated rings. The molecule has 3 aliphatic heterocycles. The Hall–Kier alpha value is -11.4. The standard InChI is InChI=1S/C80H68Cl3NO26/c1-46(85)98-59-58(45-97-76-65(107-74(93)54-39-23-9-24-40-54)62(105-72(91)52-35-19-7-20-36-52)60(103-70(89)50-31-15-5-16-32-50)56(100-76)43-95-68(87)48-27-11-3-12-28-48)102-78(110-79(84)80(81,82)83)66(99-47(2)86)64(59)109-77-67(108-75(94)55-41-25-10-26-42-55)63(106-73(92)53-37-21-8-22-38-53)61(104-71(90)51-33-17-6-18-34-51)57(101-77)44-96-69(88)49-29-13-4-14-30-49/h3-42,56-67,76-78,84H,43-45H2,1-2H3/t56?,57?,58?,59-,60?,61?,62?,63?,64?,65?,66?,67?,76?,77?,78?/m1/s1. The highest BCUT2D eigenvalue weighted by Gasteiger charge is 2.60. The molecule has 570 valence electrons. The van der Waals surface area contributed by atoms with Gasteiger partial charge < -0.3 is 75.8 Å².